The molecule has 0 aromatic heterocycles. The molecule has 0 unspecified atom stereocenters. The van der Waals surface area contributed by atoms with Gasteiger partial charge in [-0.1, -0.05) is 12.2 Å². The standard InChI is InChI=1S/C20H21N3O10S/c1-31-14(24)10-20-15(18(25)21-17(20)19(26)32-2)16-13(33-20)4-3-9-22(16)34(29,30)12-7-5-11(6-8-12)23(27)28/h3-8,13,15-17H,9-10H2,1-2H3,(H,21,25)/t13-,15+,16+,17-,20+/m0/s1. The van der Waals surface area contributed by atoms with Crippen molar-refractivity contribution in [3.05, 3.63) is 46.5 Å². The maximum absolute atomic E-state index is 13.5. The largest absolute Gasteiger partial charge is 0.469 e. The molecule has 5 atom stereocenters. The van der Waals surface area contributed by atoms with Gasteiger partial charge in [0.25, 0.3) is 5.69 Å². The quantitative estimate of drug-likeness (QED) is 0.235. The zero-order valence-corrected chi connectivity index (χ0v) is 18.9. The van der Waals surface area contributed by atoms with Crippen LogP contribution in [0.15, 0.2) is 41.3 Å². The molecule has 182 valence electrons. The Bertz CT molecular complexity index is 1180. The second kappa shape index (κ2) is 8.45. The van der Waals surface area contributed by atoms with E-state index in [1.807, 2.05) is 0 Å². The highest BCUT2D eigenvalue weighted by Crippen LogP contribution is 2.50. The summed E-state index contributed by atoms with van der Waals surface area (Å²) in [7, 11) is -2.01. The molecule has 0 radical (unpaired) electrons. The first-order valence-corrected chi connectivity index (χ1v) is 11.6. The van der Waals surface area contributed by atoms with Crippen LogP contribution in [-0.2, 0) is 38.6 Å². The molecule has 0 spiro atoms. The van der Waals surface area contributed by atoms with E-state index in [4.69, 9.17) is 14.2 Å². The number of hydrogen-bond acceptors (Lipinski definition) is 10. The highest BCUT2D eigenvalue weighted by Gasteiger charge is 2.70. The number of amides is 1. The molecular formula is C20H21N3O10S. The highest BCUT2D eigenvalue weighted by molar-refractivity contribution is 7.89. The number of methoxy groups -OCH3 is 2. The second-order valence-electron chi connectivity index (χ2n) is 7.98. The number of nitro benzene ring substituents is 1. The van der Waals surface area contributed by atoms with Crippen molar-refractivity contribution in [2.45, 2.75) is 35.1 Å². The van der Waals surface area contributed by atoms with Crippen molar-refractivity contribution in [3.8, 4) is 0 Å². The van der Waals surface area contributed by atoms with E-state index in [2.05, 4.69) is 5.32 Å². The third-order valence-corrected chi connectivity index (χ3v) is 8.18. The van der Waals surface area contributed by atoms with E-state index < -0.39 is 68.9 Å². The Balaban J connectivity index is 1.78. The van der Waals surface area contributed by atoms with Crippen LogP contribution in [0, 0.1) is 16.0 Å². The topological polar surface area (TPSA) is 171 Å². The molecule has 14 heteroatoms. The van der Waals surface area contributed by atoms with Gasteiger partial charge in [-0.2, -0.15) is 4.31 Å². The van der Waals surface area contributed by atoms with E-state index in [0.29, 0.717) is 0 Å². The fraction of sp³-hybridized carbons (Fsp3) is 0.450. The smallest absolute Gasteiger partial charge is 0.331 e. The Morgan fingerprint density at radius 2 is 1.94 bits per heavy atom. The van der Waals surface area contributed by atoms with Crippen molar-refractivity contribution in [1.29, 1.82) is 0 Å². The van der Waals surface area contributed by atoms with Gasteiger partial charge in [-0.3, -0.25) is 19.7 Å². The summed E-state index contributed by atoms with van der Waals surface area (Å²) >= 11 is 0. The average molecular weight is 495 g/mol. The zero-order valence-electron chi connectivity index (χ0n) is 18.1. The van der Waals surface area contributed by atoms with Gasteiger partial charge in [-0.15, -0.1) is 0 Å². The number of ether oxygens (including phenoxy) is 3. The minimum atomic E-state index is -4.26. The van der Waals surface area contributed by atoms with Crippen molar-refractivity contribution in [1.82, 2.24) is 9.62 Å². The molecule has 1 aromatic carbocycles. The Labute approximate surface area is 193 Å². The molecule has 0 aliphatic carbocycles. The monoisotopic (exact) mass is 495 g/mol. The number of hydrogen-bond donors (Lipinski definition) is 1. The lowest BCUT2D eigenvalue weighted by molar-refractivity contribution is -0.384. The van der Waals surface area contributed by atoms with Crippen LogP contribution < -0.4 is 5.32 Å². The summed E-state index contributed by atoms with van der Waals surface area (Å²) < 4.78 is 43.7. The van der Waals surface area contributed by atoms with Crippen molar-refractivity contribution in [2.75, 3.05) is 20.8 Å². The number of nitrogens with zero attached hydrogens (tertiary/aromatic N) is 2. The van der Waals surface area contributed by atoms with Crippen LogP contribution in [0.4, 0.5) is 5.69 Å². The van der Waals surface area contributed by atoms with Gasteiger partial charge in [-0.25, -0.2) is 13.2 Å². The number of nitro groups is 1. The fourth-order valence-electron chi connectivity index (χ4n) is 4.82. The Morgan fingerprint density at radius 3 is 2.53 bits per heavy atom. The molecule has 13 nitrogen and oxygen atoms in total. The first-order valence-electron chi connectivity index (χ1n) is 10.1. The van der Waals surface area contributed by atoms with Crippen molar-refractivity contribution in [3.63, 3.8) is 0 Å². The predicted octanol–water partition coefficient (Wildman–Crippen LogP) is -0.488. The maximum Gasteiger partial charge on any atom is 0.331 e. The molecule has 3 aliphatic heterocycles. The average Bonchev–Trinajstić information content (AvgIpc) is 3.29. The van der Waals surface area contributed by atoms with Crippen molar-refractivity contribution in [2.24, 2.45) is 5.92 Å². The minimum Gasteiger partial charge on any atom is -0.469 e. The predicted molar refractivity (Wildman–Crippen MR) is 112 cm³/mol. The summed E-state index contributed by atoms with van der Waals surface area (Å²) in [5, 5.41) is 13.4. The molecule has 3 aliphatic rings. The molecule has 4 rings (SSSR count). The summed E-state index contributed by atoms with van der Waals surface area (Å²) in [5.41, 5.74) is -2.03. The lowest BCUT2D eigenvalue weighted by Crippen LogP contribution is -2.54. The van der Waals surface area contributed by atoms with Crippen LogP contribution in [-0.4, -0.2) is 80.0 Å². The molecular weight excluding hydrogens is 474 g/mol. The summed E-state index contributed by atoms with van der Waals surface area (Å²) in [5.74, 6) is -3.53. The number of nitrogens with one attached hydrogen (secondary N) is 1. The minimum absolute atomic E-state index is 0.120. The summed E-state index contributed by atoms with van der Waals surface area (Å²) in [4.78, 5) is 47.9. The number of carbonyl (C=O) groups excluding carboxylic acids is 3. The van der Waals surface area contributed by atoms with Gasteiger partial charge in [0.05, 0.1) is 48.5 Å². The van der Waals surface area contributed by atoms with Gasteiger partial charge in [0, 0.05) is 18.7 Å². The lowest BCUT2D eigenvalue weighted by atomic mass is 9.79. The summed E-state index contributed by atoms with van der Waals surface area (Å²) in [6.45, 7) is -0.120. The van der Waals surface area contributed by atoms with Crippen LogP contribution in [0.5, 0.6) is 0 Å². The molecule has 3 heterocycles. The van der Waals surface area contributed by atoms with E-state index >= 15 is 0 Å². The van der Waals surface area contributed by atoms with Gasteiger partial charge >= 0.3 is 11.9 Å². The van der Waals surface area contributed by atoms with Crippen LogP contribution in [0.3, 0.4) is 0 Å². The Hall–Kier alpha value is -3.36. The Kier molecular flexibility index (Phi) is 5.91. The van der Waals surface area contributed by atoms with E-state index in [9.17, 15) is 32.9 Å². The van der Waals surface area contributed by atoms with Crippen molar-refractivity contribution >= 4 is 33.6 Å². The second-order valence-corrected chi connectivity index (χ2v) is 9.87. The first-order chi connectivity index (χ1) is 16.1. The SMILES string of the molecule is COC(=O)C[C@@]12O[C@H]3C=CCN(S(=O)(=O)c4ccc([N+](=O)[O-])cc4)[C@H]3[C@@H]1C(=O)N[C@H]2C(=O)OC. The lowest BCUT2D eigenvalue weighted by Gasteiger charge is -2.34. The number of non-ortho nitro benzene ring substituents is 1. The van der Waals surface area contributed by atoms with Gasteiger partial charge in [0.15, 0.2) is 6.04 Å². The first kappa shape index (κ1) is 23.8. The summed E-state index contributed by atoms with van der Waals surface area (Å²) in [6.07, 6.45) is 1.65. The molecule has 1 amide bonds. The van der Waals surface area contributed by atoms with E-state index in [1.165, 1.54) is 6.08 Å². The van der Waals surface area contributed by atoms with Gasteiger partial charge in [0.2, 0.25) is 15.9 Å². The van der Waals surface area contributed by atoms with E-state index in [1.54, 1.807) is 6.08 Å². The molecule has 2 fully saturated rings. The zero-order chi connectivity index (χ0) is 24.8. The third-order valence-electron chi connectivity index (χ3n) is 6.30. The van der Waals surface area contributed by atoms with Crippen LogP contribution in [0.25, 0.3) is 0 Å². The van der Waals surface area contributed by atoms with Gasteiger partial charge in [-0.05, 0) is 12.1 Å². The third kappa shape index (κ3) is 3.54. The summed E-state index contributed by atoms with van der Waals surface area (Å²) in [6, 6.07) is 1.87. The van der Waals surface area contributed by atoms with Crippen molar-refractivity contribution < 1.29 is 41.9 Å². The Morgan fingerprint density at radius 1 is 1.26 bits per heavy atom. The molecule has 34 heavy (non-hydrogen) atoms. The number of fused-ring (bicyclic) bond motifs is 3. The molecule has 0 saturated carbocycles. The highest BCUT2D eigenvalue weighted by atomic mass is 32.2. The molecule has 1 N–H and O–H groups in total. The maximum atomic E-state index is 13.5. The number of benzene rings is 1. The molecule has 0 bridgehead atoms. The number of sulfonamides is 1. The number of esters is 2. The van der Waals surface area contributed by atoms with Crippen LogP contribution >= 0.6 is 0 Å². The fourth-order valence-corrected chi connectivity index (χ4v) is 6.41. The van der Waals surface area contributed by atoms with Crippen LogP contribution in [0.2, 0.25) is 0 Å². The van der Waals surface area contributed by atoms with Gasteiger partial charge in [0.1, 0.15) is 5.60 Å². The number of rotatable bonds is 6. The van der Waals surface area contributed by atoms with Gasteiger partial charge < -0.3 is 19.5 Å². The molecule has 2 saturated heterocycles. The molecule has 1 aromatic rings. The normalized spacial score (nSPS) is 30.2. The van der Waals surface area contributed by atoms with Crippen LogP contribution in [0.1, 0.15) is 6.42 Å². The number of carbonyl (C=O) groups is 3. The van der Waals surface area contributed by atoms with E-state index in [0.717, 1.165) is 42.8 Å². The van der Waals surface area contributed by atoms with E-state index in [-0.39, 0.29) is 17.1 Å².